The van der Waals surface area contributed by atoms with E-state index in [1.54, 1.807) is 24.3 Å². The van der Waals surface area contributed by atoms with Gasteiger partial charge in [-0.25, -0.2) is 4.79 Å². The fraction of sp³-hybridized carbons (Fsp3) is 0.300. The Morgan fingerprint density at radius 1 is 1.10 bits per heavy atom. The number of methoxy groups -OCH3 is 1. The van der Waals surface area contributed by atoms with E-state index in [0.29, 0.717) is 18.1 Å². The van der Waals surface area contributed by atoms with Crippen molar-refractivity contribution in [1.29, 1.82) is 0 Å². The zero-order chi connectivity index (χ0) is 22.1. The van der Waals surface area contributed by atoms with Crippen molar-refractivity contribution in [2.45, 2.75) is 20.0 Å². The maximum atomic E-state index is 12.3. The molecular formula is C20H22N2O8. The molecule has 1 amide bonds. The summed E-state index contributed by atoms with van der Waals surface area (Å²) in [5, 5.41) is 13.3. The fourth-order valence-corrected chi connectivity index (χ4v) is 2.40. The van der Waals surface area contributed by atoms with Crippen LogP contribution in [0.3, 0.4) is 0 Å². The number of esters is 1. The molecule has 0 spiro atoms. The number of non-ortho nitro benzene ring substituents is 1. The van der Waals surface area contributed by atoms with Gasteiger partial charge in [0.1, 0.15) is 5.75 Å². The van der Waals surface area contributed by atoms with Crippen LogP contribution in [0.1, 0.15) is 13.8 Å². The first kappa shape index (κ1) is 22.5. The van der Waals surface area contributed by atoms with Gasteiger partial charge < -0.3 is 24.3 Å². The summed E-state index contributed by atoms with van der Waals surface area (Å²) >= 11 is 0. The lowest BCUT2D eigenvalue weighted by atomic mass is 10.2. The minimum absolute atomic E-state index is 0.104. The largest absolute Gasteiger partial charge is 0.494 e. The summed E-state index contributed by atoms with van der Waals surface area (Å²) in [4.78, 5) is 34.6. The van der Waals surface area contributed by atoms with Gasteiger partial charge in [-0.2, -0.15) is 0 Å². The maximum Gasteiger partial charge on any atom is 0.344 e. The lowest BCUT2D eigenvalue weighted by Gasteiger charge is -2.16. The van der Waals surface area contributed by atoms with Gasteiger partial charge in [0.25, 0.3) is 11.6 Å². The number of ether oxygens (including phenoxy) is 4. The number of nitro groups is 1. The van der Waals surface area contributed by atoms with Crippen LogP contribution in [0.5, 0.6) is 17.2 Å². The molecule has 0 aliphatic carbocycles. The van der Waals surface area contributed by atoms with Gasteiger partial charge in [-0.15, -0.1) is 0 Å². The monoisotopic (exact) mass is 418 g/mol. The lowest BCUT2D eigenvalue weighted by Crippen LogP contribution is -2.31. The Bertz CT molecular complexity index is 915. The number of carbonyl (C=O) groups excluding carboxylic acids is 2. The van der Waals surface area contributed by atoms with Crippen LogP contribution in [0.25, 0.3) is 0 Å². The quantitative estimate of drug-likeness (QED) is 0.354. The third kappa shape index (κ3) is 6.09. The van der Waals surface area contributed by atoms with E-state index in [1.807, 2.05) is 6.92 Å². The highest BCUT2D eigenvalue weighted by Crippen LogP contribution is 2.29. The molecule has 2 aromatic carbocycles. The molecular weight excluding hydrogens is 396 g/mol. The summed E-state index contributed by atoms with van der Waals surface area (Å²) < 4.78 is 20.9. The number of hydrogen-bond donors (Lipinski definition) is 1. The van der Waals surface area contributed by atoms with Crippen LogP contribution >= 0.6 is 0 Å². The van der Waals surface area contributed by atoms with Crippen LogP contribution < -0.4 is 19.5 Å². The molecule has 0 bridgehead atoms. The molecule has 30 heavy (non-hydrogen) atoms. The van der Waals surface area contributed by atoms with E-state index in [1.165, 1.54) is 32.2 Å². The number of hydrogen-bond acceptors (Lipinski definition) is 8. The molecule has 0 aliphatic rings. The first-order valence-corrected chi connectivity index (χ1v) is 9.03. The van der Waals surface area contributed by atoms with E-state index in [2.05, 4.69) is 5.32 Å². The van der Waals surface area contributed by atoms with Gasteiger partial charge in [-0.05, 0) is 32.0 Å². The number of carbonyl (C=O) groups is 2. The molecule has 0 heterocycles. The predicted octanol–water partition coefficient (Wildman–Crippen LogP) is 2.95. The minimum Gasteiger partial charge on any atom is -0.494 e. The Kier molecular flexibility index (Phi) is 7.98. The average Bonchev–Trinajstić information content (AvgIpc) is 2.73. The third-order valence-electron chi connectivity index (χ3n) is 3.83. The lowest BCUT2D eigenvalue weighted by molar-refractivity contribution is -0.384. The predicted molar refractivity (Wildman–Crippen MR) is 107 cm³/mol. The third-order valence-corrected chi connectivity index (χ3v) is 3.83. The number of rotatable bonds is 10. The van der Waals surface area contributed by atoms with Crippen molar-refractivity contribution in [3.8, 4) is 17.2 Å². The highest BCUT2D eigenvalue weighted by Gasteiger charge is 2.21. The van der Waals surface area contributed by atoms with Crippen LogP contribution in [0.2, 0.25) is 0 Å². The second-order valence-corrected chi connectivity index (χ2v) is 5.93. The molecule has 10 heteroatoms. The van der Waals surface area contributed by atoms with Crippen molar-refractivity contribution in [1.82, 2.24) is 0 Å². The minimum atomic E-state index is -1.14. The smallest absolute Gasteiger partial charge is 0.344 e. The fourth-order valence-electron chi connectivity index (χ4n) is 2.40. The molecule has 0 fully saturated rings. The first-order valence-electron chi connectivity index (χ1n) is 9.03. The Morgan fingerprint density at radius 3 is 2.37 bits per heavy atom. The zero-order valence-electron chi connectivity index (χ0n) is 16.7. The molecule has 2 rings (SSSR count). The Hall–Kier alpha value is -3.82. The number of nitro benzene ring substituents is 1. The SMILES string of the molecule is CCOc1ccccc1OCC(=O)O[C@@H](C)C(=O)Nc1ccc([N+](=O)[O-])cc1OC. The average molecular weight is 418 g/mol. The van der Waals surface area contributed by atoms with Crippen LogP contribution in [0.4, 0.5) is 11.4 Å². The highest BCUT2D eigenvalue weighted by atomic mass is 16.6. The van der Waals surface area contributed by atoms with Gasteiger partial charge in [0, 0.05) is 6.07 Å². The van der Waals surface area contributed by atoms with E-state index < -0.39 is 29.5 Å². The van der Waals surface area contributed by atoms with Gasteiger partial charge in [0.15, 0.2) is 24.2 Å². The number of benzene rings is 2. The summed E-state index contributed by atoms with van der Waals surface area (Å²) in [6.45, 7) is 3.24. The Morgan fingerprint density at radius 2 is 1.77 bits per heavy atom. The van der Waals surface area contributed by atoms with Gasteiger partial charge in [-0.3, -0.25) is 14.9 Å². The van der Waals surface area contributed by atoms with Gasteiger partial charge in [0.05, 0.1) is 30.4 Å². The second-order valence-electron chi connectivity index (χ2n) is 5.93. The van der Waals surface area contributed by atoms with E-state index in [9.17, 15) is 19.7 Å². The van der Waals surface area contributed by atoms with Gasteiger partial charge in [-0.1, -0.05) is 12.1 Å². The Balaban J connectivity index is 1.93. The summed E-state index contributed by atoms with van der Waals surface area (Å²) in [5.74, 6) is -0.412. The number of para-hydroxylation sites is 2. The van der Waals surface area contributed by atoms with Crippen molar-refractivity contribution >= 4 is 23.3 Å². The van der Waals surface area contributed by atoms with Crippen molar-refractivity contribution in [3.63, 3.8) is 0 Å². The van der Waals surface area contributed by atoms with Crippen molar-refractivity contribution in [2.24, 2.45) is 0 Å². The summed E-state index contributed by atoms with van der Waals surface area (Å²) in [6, 6.07) is 10.6. The van der Waals surface area contributed by atoms with Crippen molar-refractivity contribution in [2.75, 3.05) is 25.6 Å². The van der Waals surface area contributed by atoms with Gasteiger partial charge >= 0.3 is 5.97 Å². The topological polar surface area (TPSA) is 126 Å². The van der Waals surface area contributed by atoms with Crippen molar-refractivity contribution < 1.29 is 33.5 Å². The highest BCUT2D eigenvalue weighted by molar-refractivity contribution is 5.96. The maximum absolute atomic E-state index is 12.3. The normalized spacial score (nSPS) is 11.2. The van der Waals surface area contributed by atoms with Crippen LogP contribution in [-0.2, 0) is 14.3 Å². The van der Waals surface area contributed by atoms with E-state index >= 15 is 0 Å². The summed E-state index contributed by atoms with van der Waals surface area (Å²) in [5.41, 5.74) is 0.0201. The number of anilines is 1. The molecule has 10 nitrogen and oxygen atoms in total. The van der Waals surface area contributed by atoms with E-state index in [0.717, 1.165) is 0 Å². The molecule has 0 unspecified atom stereocenters. The number of amides is 1. The standard InChI is InChI=1S/C20H22N2O8/c1-4-28-16-7-5-6-8-17(16)29-12-19(23)30-13(2)20(24)21-15-10-9-14(22(25)26)11-18(15)27-3/h5-11,13H,4,12H2,1-3H3,(H,21,24)/t13-/m0/s1. The molecule has 0 saturated heterocycles. The molecule has 0 aromatic heterocycles. The van der Waals surface area contributed by atoms with E-state index in [-0.39, 0.29) is 17.1 Å². The number of nitrogens with zero attached hydrogens (tertiary/aromatic N) is 1. The molecule has 0 aliphatic heterocycles. The second kappa shape index (κ2) is 10.6. The molecule has 160 valence electrons. The zero-order valence-corrected chi connectivity index (χ0v) is 16.7. The number of nitrogens with one attached hydrogen (secondary N) is 1. The molecule has 0 radical (unpaired) electrons. The summed E-state index contributed by atoms with van der Waals surface area (Å²) in [6.07, 6.45) is -1.14. The van der Waals surface area contributed by atoms with Gasteiger partial charge in [0.2, 0.25) is 0 Å². The first-order chi connectivity index (χ1) is 14.3. The molecule has 1 atom stereocenters. The molecule has 1 N–H and O–H groups in total. The molecule has 2 aromatic rings. The molecule has 0 saturated carbocycles. The summed E-state index contributed by atoms with van der Waals surface area (Å²) in [7, 11) is 1.32. The van der Waals surface area contributed by atoms with Crippen LogP contribution in [0.15, 0.2) is 42.5 Å². The van der Waals surface area contributed by atoms with Crippen LogP contribution in [-0.4, -0.2) is 43.2 Å². The van der Waals surface area contributed by atoms with E-state index in [4.69, 9.17) is 18.9 Å². The van der Waals surface area contributed by atoms with Crippen LogP contribution in [0, 0.1) is 10.1 Å². The van der Waals surface area contributed by atoms with Crippen molar-refractivity contribution in [3.05, 3.63) is 52.6 Å². The Labute approximate surface area is 172 Å².